The molecule has 0 spiro atoms. The topological polar surface area (TPSA) is 23.5 Å². The van der Waals surface area contributed by atoms with Gasteiger partial charge in [-0.2, -0.15) is 0 Å². The third-order valence-corrected chi connectivity index (χ3v) is 6.29. The molecule has 0 radical (unpaired) electrons. The van der Waals surface area contributed by atoms with Gasteiger partial charge in [0.15, 0.2) is 0 Å². The van der Waals surface area contributed by atoms with E-state index < -0.39 is 6.10 Å². The van der Waals surface area contributed by atoms with Crippen LogP contribution < -0.4 is 0 Å². The smallest absolute Gasteiger partial charge is 0.0916 e. The Labute approximate surface area is 152 Å². The van der Waals surface area contributed by atoms with E-state index in [9.17, 15) is 5.11 Å². The second kappa shape index (κ2) is 9.22. The van der Waals surface area contributed by atoms with Crippen LogP contribution in [0.1, 0.15) is 69.5 Å². The minimum absolute atomic E-state index is 0.402. The molecule has 3 rings (SSSR count). The number of β-amino-alcohol motifs (C(OH)–C–C–N with tert-alkyl or cyclic N) is 1. The molecule has 2 fully saturated rings. The lowest BCUT2D eigenvalue weighted by Gasteiger charge is -2.34. The molecule has 1 heterocycles. The van der Waals surface area contributed by atoms with E-state index in [4.69, 9.17) is 11.6 Å². The van der Waals surface area contributed by atoms with Crippen molar-refractivity contribution in [2.75, 3.05) is 19.6 Å². The van der Waals surface area contributed by atoms with Crippen LogP contribution in [0.5, 0.6) is 0 Å². The van der Waals surface area contributed by atoms with Gasteiger partial charge in [-0.3, -0.25) is 0 Å². The summed E-state index contributed by atoms with van der Waals surface area (Å²) in [6, 6.07) is 7.59. The van der Waals surface area contributed by atoms with Crippen LogP contribution in [0.3, 0.4) is 0 Å². The maximum Gasteiger partial charge on any atom is 0.0916 e. The van der Waals surface area contributed by atoms with Crippen LogP contribution >= 0.6 is 11.6 Å². The van der Waals surface area contributed by atoms with E-state index in [0.717, 1.165) is 42.1 Å². The highest BCUT2D eigenvalue weighted by Gasteiger charge is 2.24. The minimum Gasteiger partial charge on any atom is -0.387 e. The number of rotatable bonds is 5. The summed E-state index contributed by atoms with van der Waals surface area (Å²) < 4.78 is 0. The zero-order valence-electron chi connectivity index (χ0n) is 14.8. The fraction of sp³-hybridized carbons (Fsp3) is 0.714. The van der Waals surface area contributed by atoms with Crippen molar-refractivity contribution in [3.8, 4) is 0 Å². The lowest BCUT2D eigenvalue weighted by molar-refractivity contribution is 0.0845. The lowest BCUT2D eigenvalue weighted by Crippen LogP contribution is -2.37. The Morgan fingerprint density at radius 2 is 1.50 bits per heavy atom. The molecule has 1 aromatic rings. The highest BCUT2D eigenvalue weighted by Crippen LogP contribution is 2.32. The number of aliphatic hydroxyl groups is 1. The fourth-order valence-corrected chi connectivity index (χ4v) is 4.64. The number of nitrogens with zero attached hydrogens (tertiary/aromatic N) is 1. The second-order valence-electron chi connectivity index (χ2n) is 7.90. The van der Waals surface area contributed by atoms with Gasteiger partial charge in [0.1, 0.15) is 0 Å². The van der Waals surface area contributed by atoms with E-state index in [0.29, 0.717) is 0 Å². The van der Waals surface area contributed by atoms with E-state index in [1.54, 1.807) is 0 Å². The van der Waals surface area contributed by atoms with E-state index in [2.05, 4.69) is 4.90 Å². The monoisotopic (exact) mass is 349 g/mol. The summed E-state index contributed by atoms with van der Waals surface area (Å²) >= 11 is 5.92. The molecular weight excluding hydrogens is 318 g/mol. The summed E-state index contributed by atoms with van der Waals surface area (Å²) in [5.74, 6) is 1.90. The van der Waals surface area contributed by atoms with E-state index >= 15 is 0 Å². The second-order valence-corrected chi connectivity index (χ2v) is 8.34. The highest BCUT2D eigenvalue weighted by atomic mass is 35.5. The molecule has 134 valence electrons. The number of benzene rings is 1. The summed E-state index contributed by atoms with van der Waals surface area (Å²) in [5.41, 5.74) is 0.972. The molecule has 1 aliphatic heterocycles. The fourth-order valence-electron chi connectivity index (χ4n) is 4.51. The predicted octanol–water partition coefficient (Wildman–Crippen LogP) is 5.45. The zero-order chi connectivity index (χ0) is 16.8. The van der Waals surface area contributed by atoms with Crippen LogP contribution in [0, 0.1) is 11.8 Å². The van der Waals surface area contributed by atoms with Crippen molar-refractivity contribution in [3.63, 3.8) is 0 Å². The Kier molecular flexibility index (Phi) is 7.00. The molecule has 1 aliphatic carbocycles. The van der Waals surface area contributed by atoms with Crippen molar-refractivity contribution in [2.24, 2.45) is 11.8 Å². The molecular formula is C21H32ClNO. The van der Waals surface area contributed by atoms with Crippen molar-refractivity contribution in [1.82, 2.24) is 4.90 Å². The van der Waals surface area contributed by atoms with Gasteiger partial charge in [0, 0.05) is 11.6 Å². The summed E-state index contributed by atoms with van der Waals surface area (Å²) in [7, 11) is 0. The molecule has 1 saturated carbocycles. The zero-order valence-corrected chi connectivity index (χ0v) is 15.6. The first-order valence-electron chi connectivity index (χ1n) is 9.86. The largest absolute Gasteiger partial charge is 0.387 e. The van der Waals surface area contributed by atoms with Gasteiger partial charge >= 0.3 is 0 Å². The van der Waals surface area contributed by atoms with Gasteiger partial charge in [-0.05, 0) is 61.9 Å². The Bertz CT molecular complexity index is 473. The molecule has 1 atom stereocenters. The molecule has 0 bridgehead atoms. The number of aliphatic hydroxyl groups excluding tert-OH is 1. The number of halogens is 1. The lowest BCUT2D eigenvalue weighted by atomic mass is 9.84. The molecule has 0 amide bonds. The average Bonchev–Trinajstić information content (AvgIpc) is 2.86. The van der Waals surface area contributed by atoms with Crippen molar-refractivity contribution in [3.05, 3.63) is 34.9 Å². The van der Waals surface area contributed by atoms with Crippen LogP contribution in [-0.4, -0.2) is 29.6 Å². The molecule has 0 aromatic heterocycles. The Morgan fingerprint density at radius 1 is 0.917 bits per heavy atom. The standard InChI is InChI=1S/C21H32ClNO/c22-20-9-7-19(8-10-20)21(24)16-23-13-11-18(12-14-23)15-17-5-3-1-2-4-6-17/h7-10,17-18,21,24H,1-6,11-16H2. The molecule has 1 saturated heterocycles. The third kappa shape index (κ3) is 5.47. The predicted molar refractivity (Wildman–Crippen MR) is 101 cm³/mol. The van der Waals surface area contributed by atoms with Gasteiger partial charge in [-0.25, -0.2) is 0 Å². The van der Waals surface area contributed by atoms with Crippen molar-refractivity contribution in [2.45, 2.75) is 63.9 Å². The molecule has 1 N–H and O–H groups in total. The van der Waals surface area contributed by atoms with Crippen molar-refractivity contribution >= 4 is 11.6 Å². The Balaban J connectivity index is 1.40. The maximum atomic E-state index is 10.4. The van der Waals surface area contributed by atoms with E-state index in [1.807, 2.05) is 24.3 Å². The van der Waals surface area contributed by atoms with Crippen LogP contribution in [-0.2, 0) is 0 Å². The maximum absolute atomic E-state index is 10.4. The van der Waals surface area contributed by atoms with Gasteiger partial charge in [0.05, 0.1) is 6.10 Å². The number of hydrogen-bond acceptors (Lipinski definition) is 2. The van der Waals surface area contributed by atoms with Gasteiger partial charge in [0.2, 0.25) is 0 Å². The quantitative estimate of drug-likeness (QED) is 0.715. The van der Waals surface area contributed by atoms with E-state index in [-0.39, 0.29) is 0 Å². The van der Waals surface area contributed by atoms with Gasteiger partial charge in [0.25, 0.3) is 0 Å². The van der Waals surface area contributed by atoms with Crippen molar-refractivity contribution < 1.29 is 5.11 Å². The molecule has 3 heteroatoms. The number of hydrogen-bond donors (Lipinski definition) is 1. The normalized spacial score (nSPS) is 23.1. The van der Waals surface area contributed by atoms with Crippen LogP contribution in [0.15, 0.2) is 24.3 Å². The first kappa shape index (κ1) is 18.2. The first-order chi connectivity index (χ1) is 11.7. The summed E-state index contributed by atoms with van der Waals surface area (Å²) in [6.45, 7) is 3.03. The molecule has 2 aliphatic rings. The van der Waals surface area contributed by atoms with Gasteiger partial charge < -0.3 is 10.0 Å². The molecule has 1 unspecified atom stereocenters. The van der Waals surface area contributed by atoms with Crippen LogP contribution in [0.25, 0.3) is 0 Å². The Hall–Kier alpha value is -0.570. The van der Waals surface area contributed by atoms with Crippen molar-refractivity contribution in [1.29, 1.82) is 0 Å². The SMILES string of the molecule is OC(CN1CCC(CC2CCCCCC2)CC1)c1ccc(Cl)cc1. The van der Waals surface area contributed by atoms with E-state index in [1.165, 1.54) is 57.8 Å². The average molecular weight is 350 g/mol. The summed E-state index contributed by atoms with van der Waals surface area (Å²) in [5, 5.41) is 11.2. The van der Waals surface area contributed by atoms with Crippen LogP contribution in [0.2, 0.25) is 5.02 Å². The summed E-state index contributed by atoms with van der Waals surface area (Å²) in [6.07, 6.45) is 12.4. The Morgan fingerprint density at radius 3 is 2.12 bits per heavy atom. The number of likely N-dealkylation sites (tertiary alicyclic amines) is 1. The minimum atomic E-state index is -0.402. The highest BCUT2D eigenvalue weighted by molar-refractivity contribution is 6.30. The molecule has 2 nitrogen and oxygen atoms in total. The van der Waals surface area contributed by atoms with Gasteiger partial charge in [-0.15, -0.1) is 0 Å². The van der Waals surface area contributed by atoms with Crippen LogP contribution in [0.4, 0.5) is 0 Å². The molecule has 1 aromatic carbocycles. The third-order valence-electron chi connectivity index (χ3n) is 6.03. The summed E-state index contributed by atoms with van der Waals surface area (Å²) in [4.78, 5) is 2.43. The number of piperidine rings is 1. The first-order valence-corrected chi connectivity index (χ1v) is 10.2. The molecule has 24 heavy (non-hydrogen) atoms. The van der Waals surface area contributed by atoms with Gasteiger partial charge in [-0.1, -0.05) is 62.3 Å².